The highest BCUT2D eigenvalue weighted by Gasteiger charge is 2.10. The molecule has 2 atom stereocenters. The summed E-state index contributed by atoms with van der Waals surface area (Å²) in [4.78, 5) is 0. The van der Waals surface area contributed by atoms with E-state index in [1.54, 1.807) is 0 Å². The molecule has 0 aliphatic heterocycles. The third-order valence-electron chi connectivity index (χ3n) is 2.97. The Morgan fingerprint density at radius 3 is 2.37 bits per heavy atom. The van der Waals surface area contributed by atoms with Gasteiger partial charge in [0, 0.05) is 0 Å². The van der Waals surface area contributed by atoms with E-state index in [0.717, 1.165) is 37.2 Å². The first kappa shape index (κ1) is 16.0. The Kier molecular flexibility index (Phi) is 7.53. The number of ether oxygens (including phenoxy) is 2. The summed E-state index contributed by atoms with van der Waals surface area (Å²) < 4.78 is 11.1. The summed E-state index contributed by atoms with van der Waals surface area (Å²) in [5.41, 5.74) is 0.868. The molecule has 0 aliphatic rings. The van der Waals surface area contributed by atoms with E-state index in [1.165, 1.54) is 0 Å². The number of benzene rings is 1. The first-order valence-corrected chi connectivity index (χ1v) is 7.19. The molecule has 0 fully saturated rings. The van der Waals surface area contributed by atoms with Crippen LogP contribution in [-0.4, -0.2) is 24.4 Å². The van der Waals surface area contributed by atoms with Crippen LogP contribution < -0.4 is 4.74 Å². The van der Waals surface area contributed by atoms with Gasteiger partial charge in [0.25, 0.3) is 0 Å². The molecule has 0 radical (unpaired) electrons. The first-order valence-electron chi connectivity index (χ1n) is 7.19. The lowest BCUT2D eigenvalue weighted by Crippen LogP contribution is -2.14. The molecule has 0 amide bonds. The molecule has 108 valence electrons. The fourth-order valence-corrected chi connectivity index (χ4v) is 1.85. The van der Waals surface area contributed by atoms with E-state index in [4.69, 9.17) is 9.47 Å². The van der Waals surface area contributed by atoms with Crippen molar-refractivity contribution in [2.24, 2.45) is 0 Å². The van der Waals surface area contributed by atoms with Gasteiger partial charge in [-0.1, -0.05) is 32.4 Å². The molecular weight excluding hydrogens is 240 g/mol. The first-order chi connectivity index (χ1) is 9.17. The minimum absolute atomic E-state index is 0.201. The predicted molar refractivity (Wildman–Crippen MR) is 77.5 cm³/mol. The largest absolute Gasteiger partial charge is 0.494 e. The second-order valence-electron chi connectivity index (χ2n) is 4.87. The molecular formula is C16H26O3. The molecule has 2 unspecified atom stereocenters. The van der Waals surface area contributed by atoms with Gasteiger partial charge < -0.3 is 14.6 Å². The standard InChI is InChI=1S/C16H26O3/c1-4-6-13(3)19-12-16(17)14-7-9-15(10-8-14)18-11-5-2/h7-10,13,16-17H,4-6,11-12H2,1-3H3. The molecule has 1 rings (SSSR count). The molecule has 1 aromatic carbocycles. The number of aliphatic hydroxyl groups excluding tert-OH is 1. The van der Waals surface area contributed by atoms with Crippen LogP contribution in [0.25, 0.3) is 0 Å². The van der Waals surface area contributed by atoms with Gasteiger partial charge in [-0.2, -0.15) is 0 Å². The van der Waals surface area contributed by atoms with Crippen molar-refractivity contribution in [2.75, 3.05) is 13.2 Å². The highest BCUT2D eigenvalue weighted by Crippen LogP contribution is 2.19. The summed E-state index contributed by atoms with van der Waals surface area (Å²) >= 11 is 0. The SMILES string of the molecule is CCCOc1ccc(C(O)COC(C)CCC)cc1. The number of rotatable bonds is 9. The van der Waals surface area contributed by atoms with Gasteiger partial charge in [-0.3, -0.25) is 0 Å². The van der Waals surface area contributed by atoms with E-state index >= 15 is 0 Å². The Labute approximate surface area is 116 Å². The third kappa shape index (κ3) is 6.08. The zero-order chi connectivity index (χ0) is 14.1. The van der Waals surface area contributed by atoms with E-state index < -0.39 is 6.10 Å². The molecule has 1 N–H and O–H groups in total. The van der Waals surface area contributed by atoms with Gasteiger partial charge in [0.15, 0.2) is 0 Å². The van der Waals surface area contributed by atoms with Crippen LogP contribution in [0.15, 0.2) is 24.3 Å². The second kappa shape index (κ2) is 8.94. The molecule has 0 aliphatic carbocycles. The molecule has 0 saturated heterocycles. The molecule has 0 heterocycles. The third-order valence-corrected chi connectivity index (χ3v) is 2.97. The van der Waals surface area contributed by atoms with Gasteiger partial charge >= 0.3 is 0 Å². The van der Waals surface area contributed by atoms with E-state index in [0.29, 0.717) is 6.61 Å². The lowest BCUT2D eigenvalue weighted by atomic mass is 10.1. The topological polar surface area (TPSA) is 38.7 Å². The highest BCUT2D eigenvalue weighted by atomic mass is 16.5. The summed E-state index contributed by atoms with van der Waals surface area (Å²) in [6.07, 6.45) is 2.75. The lowest BCUT2D eigenvalue weighted by Gasteiger charge is -2.16. The Morgan fingerprint density at radius 2 is 1.79 bits per heavy atom. The Morgan fingerprint density at radius 1 is 1.11 bits per heavy atom. The van der Waals surface area contributed by atoms with Crippen molar-refractivity contribution in [3.63, 3.8) is 0 Å². The zero-order valence-electron chi connectivity index (χ0n) is 12.3. The fourth-order valence-electron chi connectivity index (χ4n) is 1.85. The van der Waals surface area contributed by atoms with Crippen molar-refractivity contribution < 1.29 is 14.6 Å². The minimum atomic E-state index is -0.570. The Balaban J connectivity index is 2.41. The van der Waals surface area contributed by atoms with E-state index in [2.05, 4.69) is 13.8 Å². The van der Waals surface area contributed by atoms with Gasteiger partial charge in [0.05, 0.1) is 19.3 Å². The van der Waals surface area contributed by atoms with Gasteiger partial charge in [-0.15, -0.1) is 0 Å². The van der Waals surface area contributed by atoms with Crippen LogP contribution in [0, 0.1) is 0 Å². The fraction of sp³-hybridized carbons (Fsp3) is 0.625. The number of hydrogen-bond acceptors (Lipinski definition) is 3. The summed E-state index contributed by atoms with van der Waals surface area (Å²) in [7, 11) is 0. The van der Waals surface area contributed by atoms with E-state index in [9.17, 15) is 5.11 Å². The smallest absolute Gasteiger partial charge is 0.119 e. The van der Waals surface area contributed by atoms with Crippen LogP contribution in [-0.2, 0) is 4.74 Å². The number of aliphatic hydroxyl groups is 1. The molecule has 3 heteroatoms. The van der Waals surface area contributed by atoms with Crippen LogP contribution in [0.1, 0.15) is 51.7 Å². The van der Waals surface area contributed by atoms with Gasteiger partial charge in [0.1, 0.15) is 11.9 Å². The monoisotopic (exact) mass is 266 g/mol. The molecule has 1 aromatic rings. The maximum atomic E-state index is 10.0. The Bertz CT molecular complexity index is 334. The lowest BCUT2D eigenvalue weighted by molar-refractivity contribution is -0.00585. The van der Waals surface area contributed by atoms with Crippen LogP contribution in [0.5, 0.6) is 5.75 Å². The molecule has 3 nitrogen and oxygen atoms in total. The summed E-state index contributed by atoms with van der Waals surface area (Å²) in [6, 6.07) is 7.57. The van der Waals surface area contributed by atoms with Crippen molar-refractivity contribution in [1.29, 1.82) is 0 Å². The molecule has 0 spiro atoms. The van der Waals surface area contributed by atoms with E-state index in [-0.39, 0.29) is 6.10 Å². The zero-order valence-corrected chi connectivity index (χ0v) is 12.3. The minimum Gasteiger partial charge on any atom is -0.494 e. The quantitative estimate of drug-likeness (QED) is 0.740. The highest BCUT2D eigenvalue weighted by molar-refractivity contribution is 5.28. The summed E-state index contributed by atoms with van der Waals surface area (Å²) in [5.74, 6) is 0.845. The van der Waals surface area contributed by atoms with Crippen molar-refractivity contribution in [3.8, 4) is 5.75 Å². The predicted octanol–water partition coefficient (Wildman–Crippen LogP) is 3.71. The van der Waals surface area contributed by atoms with E-state index in [1.807, 2.05) is 31.2 Å². The van der Waals surface area contributed by atoms with Crippen molar-refractivity contribution >= 4 is 0 Å². The molecule has 19 heavy (non-hydrogen) atoms. The second-order valence-corrected chi connectivity index (χ2v) is 4.87. The number of hydrogen-bond donors (Lipinski definition) is 1. The van der Waals surface area contributed by atoms with Crippen molar-refractivity contribution in [1.82, 2.24) is 0 Å². The van der Waals surface area contributed by atoms with Gasteiger partial charge in [0.2, 0.25) is 0 Å². The average molecular weight is 266 g/mol. The van der Waals surface area contributed by atoms with Crippen LogP contribution in [0.2, 0.25) is 0 Å². The molecule has 0 saturated carbocycles. The molecule has 0 aromatic heterocycles. The Hall–Kier alpha value is -1.06. The normalized spacial score (nSPS) is 14.1. The molecule has 0 bridgehead atoms. The maximum Gasteiger partial charge on any atom is 0.119 e. The van der Waals surface area contributed by atoms with Crippen LogP contribution in [0.4, 0.5) is 0 Å². The van der Waals surface area contributed by atoms with Crippen molar-refractivity contribution in [3.05, 3.63) is 29.8 Å². The van der Waals surface area contributed by atoms with Gasteiger partial charge in [-0.25, -0.2) is 0 Å². The average Bonchev–Trinajstić information content (AvgIpc) is 2.43. The van der Waals surface area contributed by atoms with Crippen LogP contribution >= 0.6 is 0 Å². The maximum absolute atomic E-state index is 10.0. The van der Waals surface area contributed by atoms with Crippen molar-refractivity contribution in [2.45, 2.75) is 52.2 Å². The summed E-state index contributed by atoms with van der Waals surface area (Å²) in [6.45, 7) is 7.31. The van der Waals surface area contributed by atoms with Crippen LogP contribution in [0.3, 0.4) is 0 Å². The summed E-state index contributed by atoms with van der Waals surface area (Å²) in [5, 5.41) is 10.0. The van der Waals surface area contributed by atoms with Gasteiger partial charge in [-0.05, 0) is 37.5 Å².